The lowest BCUT2D eigenvalue weighted by Crippen LogP contribution is -1.92. The van der Waals surface area contributed by atoms with Gasteiger partial charge in [-0.15, -0.1) is 0 Å². The molecule has 70 valence electrons. The van der Waals surface area contributed by atoms with E-state index in [2.05, 4.69) is 9.97 Å². The van der Waals surface area contributed by atoms with Crippen LogP contribution in [0.2, 0.25) is 0 Å². The smallest absolute Gasteiger partial charge is 0.159 e. The standard InChI is InChI=1S/C11H11N3/c1-8-3-4-9(12)7-10(8)11-13-5-2-6-14-11/h2-7H,12H2,1H3. The van der Waals surface area contributed by atoms with E-state index in [1.807, 2.05) is 25.1 Å². The van der Waals surface area contributed by atoms with Crippen molar-refractivity contribution >= 4 is 5.69 Å². The van der Waals surface area contributed by atoms with Crippen LogP contribution in [0.4, 0.5) is 5.69 Å². The van der Waals surface area contributed by atoms with Gasteiger partial charge in [-0.3, -0.25) is 0 Å². The zero-order valence-corrected chi connectivity index (χ0v) is 7.94. The molecule has 0 saturated heterocycles. The van der Waals surface area contributed by atoms with Crippen molar-refractivity contribution in [3.05, 3.63) is 42.2 Å². The molecule has 0 fully saturated rings. The number of aryl methyl sites for hydroxylation is 1. The fraction of sp³-hybridized carbons (Fsp3) is 0.0909. The van der Waals surface area contributed by atoms with Crippen molar-refractivity contribution in [3.8, 4) is 11.4 Å². The van der Waals surface area contributed by atoms with Crippen molar-refractivity contribution in [1.82, 2.24) is 9.97 Å². The Morgan fingerprint density at radius 2 is 1.86 bits per heavy atom. The molecule has 0 aliphatic carbocycles. The lowest BCUT2D eigenvalue weighted by Gasteiger charge is -2.04. The Morgan fingerprint density at radius 3 is 2.57 bits per heavy atom. The molecule has 0 aliphatic heterocycles. The van der Waals surface area contributed by atoms with Crippen LogP contribution in [0.3, 0.4) is 0 Å². The molecule has 0 saturated carbocycles. The summed E-state index contributed by atoms with van der Waals surface area (Å²) < 4.78 is 0. The van der Waals surface area contributed by atoms with E-state index in [-0.39, 0.29) is 0 Å². The van der Waals surface area contributed by atoms with Crippen LogP contribution in [0, 0.1) is 6.92 Å². The monoisotopic (exact) mass is 185 g/mol. The minimum absolute atomic E-state index is 0.720. The minimum atomic E-state index is 0.720. The van der Waals surface area contributed by atoms with Gasteiger partial charge in [-0.05, 0) is 30.7 Å². The number of benzene rings is 1. The molecule has 3 heteroatoms. The summed E-state index contributed by atoms with van der Waals surface area (Å²) in [4.78, 5) is 8.37. The molecule has 0 bridgehead atoms. The van der Waals surface area contributed by atoms with Crippen molar-refractivity contribution in [2.24, 2.45) is 0 Å². The molecule has 0 unspecified atom stereocenters. The first-order chi connectivity index (χ1) is 6.77. The SMILES string of the molecule is Cc1ccc(N)cc1-c1ncccn1. The average molecular weight is 185 g/mol. The molecule has 0 spiro atoms. The van der Waals surface area contributed by atoms with E-state index in [4.69, 9.17) is 5.73 Å². The second-order valence-electron chi connectivity index (χ2n) is 3.15. The quantitative estimate of drug-likeness (QED) is 0.691. The van der Waals surface area contributed by atoms with E-state index < -0.39 is 0 Å². The fourth-order valence-electron chi connectivity index (χ4n) is 1.32. The highest BCUT2D eigenvalue weighted by Crippen LogP contribution is 2.21. The summed E-state index contributed by atoms with van der Waals surface area (Å²) >= 11 is 0. The summed E-state index contributed by atoms with van der Waals surface area (Å²) in [6, 6.07) is 7.54. The highest BCUT2D eigenvalue weighted by atomic mass is 14.9. The summed E-state index contributed by atoms with van der Waals surface area (Å²) in [5.74, 6) is 0.720. The number of nitrogens with two attached hydrogens (primary N) is 1. The van der Waals surface area contributed by atoms with Gasteiger partial charge in [0, 0.05) is 23.6 Å². The Labute approximate surface area is 82.6 Å². The lowest BCUT2D eigenvalue weighted by atomic mass is 10.1. The fourth-order valence-corrected chi connectivity index (χ4v) is 1.32. The number of nitrogens with zero attached hydrogens (tertiary/aromatic N) is 2. The number of aromatic nitrogens is 2. The van der Waals surface area contributed by atoms with Gasteiger partial charge in [0.15, 0.2) is 5.82 Å². The maximum Gasteiger partial charge on any atom is 0.159 e. The Hall–Kier alpha value is -1.90. The van der Waals surface area contributed by atoms with Crippen LogP contribution in [-0.2, 0) is 0 Å². The van der Waals surface area contributed by atoms with Crippen LogP contribution in [0.15, 0.2) is 36.7 Å². The molecule has 2 N–H and O–H groups in total. The second kappa shape index (κ2) is 3.46. The summed E-state index contributed by atoms with van der Waals surface area (Å²) in [6.07, 6.45) is 3.45. The van der Waals surface area contributed by atoms with E-state index in [9.17, 15) is 0 Å². The molecule has 3 nitrogen and oxygen atoms in total. The third-order valence-corrected chi connectivity index (χ3v) is 2.07. The summed E-state index contributed by atoms with van der Waals surface area (Å²) in [5.41, 5.74) is 8.56. The van der Waals surface area contributed by atoms with E-state index in [1.165, 1.54) is 0 Å². The Bertz CT molecular complexity index is 438. The molecule has 14 heavy (non-hydrogen) atoms. The summed E-state index contributed by atoms with van der Waals surface area (Å²) in [6.45, 7) is 2.02. The van der Waals surface area contributed by atoms with Crippen LogP contribution >= 0.6 is 0 Å². The van der Waals surface area contributed by atoms with Gasteiger partial charge in [0.2, 0.25) is 0 Å². The van der Waals surface area contributed by atoms with Crippen molar-refractivity contribution in [2.45, 2.75) is 6.92 Å². The van der Waals surface area contributed by atoms with Crippen molar-refractivity contribution in [1.29, 1.82) is 0 Å². The number of nitrogen functional groups attached to an aromatic ring is 1. The highest BCUT2D eigenvalue weighted by Gasteiger charge is 2.03. The van der Waals surface area contributed by atoms with Crippen LogP contribution in [0.1, 0.15) is 5.56 Å². The normalized spacial score (nSPS) is 10.1. The summed E-state index contributed by atoms with van der Waals surface area (Å²) in [5, 5.41) is 0. The van der Waals surface area contributed by atoms with Gasteiger partial charge in [-0.25, -0.2) is 9.97 Å². The molecular weight excluding hydrogens is 174 g/mol. The van der Waals surface area contributed by atoms with E-state index in [1.54, 1.807) is 18.5 Å². The minimum Gasteiger partial charge on any atom is -0.399 e. The van der Waals surface area contributed by atoms with E-state index in [0.717, 1.165) is 22.6 Å². The Balaban J connectivity index is 2.57. The number of rotatable bonds is 1. The van der Waals surface area contributed by atoms with E-state index >= 15 is 0 Å². The first-order valence-corrected chi connectivity index (χ1v) is 4.41. The Morgan fingerprint density at radius 1 is 1.14 bits per heavy atom. The highest BCUT2D eigenvalue weighted by molar-refractivity contribution is 5.64. The summed E-state index contributed by atoms with van der Waals surface area (Å²) in [7, 11) is 0. The third-order valence-electron chi connectivity index (χ3n) is 2.07. The van der Waals surface area contributed by atoms with Gasteiger partial charge in [-0.2, -0.15) is 0 Å². The third kappa shape index (κ3) is 1.57. The van der Waals surface area contributed by atoms with Gasteiger partial charge in [-0.1, -0.05) is 6.07 Å². The molecule has 1 aromatic heterocycles. The van der Waals surface area contributed by atoms with Crippen molar-refractivity contribution < 1.29 is 0 Å². The molecular formula is C11H11N3. The maximum atomic E-state index is 5.71. The molecule has 1 aromatic carbocycles. The molecule has 0 amide bonds. The average Bonchev–Trinajstić information content (AvgIpc) is 2.23. The first kappa shape index (κ1) is 8.69. The molecule has 0 radical (unpaired) electrons. The zero-order chi connectivity index (χ0) is 9.97. The van der Waals surface area contributed by atoms with Gasteiger partial charge >= 0.3 is 0 Å². The van der Waals surface area contributed by atoms with Crippen LogP contribution in [0.25, 0.3) is 11.4 Å². The first-order valence-electron chi connectivity index (χ1n) is 4.41. The van der Waals surface area contributed by atoms with Crippen molar-refractivity contribution in [3.63, 3.8) is 0 Å². The molecule has 2 rings (SSSR count). The van der Waals surface area contributed by atoms with E-state index in [0.29, 0.717) is 0 Å². The number of hydrogen-bond donors (Lipinski definition) is 1. The van der Waals surface area contributed by atoms with Crippen molar-refractivity contribution in [2.75, 3.05) is 5.73 Å². The second-order valence-corrected chi connectivity index (χ2v) is 3.15. The van der Waals surface area contributed by atoms with Gasteiger partial charge in [0.25, 0.3) is 0 Å². The Kier molecular flexibility index (Phi) is 2.14. The number of hydrogen-bond acceptors (Lipinski definition) is 3. The lowest BCUT2D eigenvalue weighted by molar-refractivity contribution is 1.17. The van der Waals surface area contributed by atoms with Crippen LogP contribution in [-0.4, -0.2) is 9.97 Å². The van der Waals surface area contributed by atoms with Gasteiger partial charge in [0.05, 0.1) is 0 Å². The zero-order valence-electron chi connectivity index (χ0n) is 7.94. The van der Waals surface area contributed by atoms with Gasteiger partial charge in [0.1, 0.15) is 0 Å². The van der Waals surface area contributed by atoms with Crippen LogP contribution in [0.5, 0.6) is 0 Å². The molecule has 2 aromatic rings. The van der Waals surface area contributed by atoms with Crippen LogP contribution < -0.4 is 5.73 Å². The topological polar surface area (TPSA) is 51.8 Å². The predicted octanol–water partition coefficient (Wildman–Crippen LogP) is 2.03. The maximum absolute atomic E-state index is 5.71. The largest absolute Gasteiger partial charge is 0.399 e. The molecule has 1 heterocycles. The molecule has 0 aliphatic rings. The molecule has 0 atom stereocenters. The predicted molar refractivity (Wildman–Crippen MR) is 56.6 cm³/mol. The number of anilines is 1. The van der Waals surface area contributed by atoms with Gasteiger partial charge < -0.3 is 5.73 Å².